The molecule has 1 N–H and O–H groups in total. The second-order valence-electron chi connectivity index (χ2n) is 5.10. The van der Waals surface area contributed by atoms with E-state index in [1.807, 2.05) is 0 Å². The molecule has 2 aliphatic rings. The van der Waals surface area contributed by atoms with Gasteiger partial charge in [-0.15, -0.1) is 0 Å². The van der Waals surface area contributed by atoms with E-state index in [-0.39, 0.29) is 0 Å². The minimum absolute atomic E-state index is 0.650. The molecule has 0 bridgehead atoms. The van der Waals surface area contributed by atoms with Crippen LogP contribution in [-0.2, 0) is 4.74 Å². The van der Waals surface area contributed by atoms with Gasteiger partial charge in [-0.1, -0.05) is 18.6 Å². The highest BCUT2D eigenvalue weighted by Crippen LogP contribution is 2.26. The van der Waals surface area contributed by atoms with E-state index in [2.05, 4.69) is 18.3 Å². The van der Waals surface area contributed by atoms with Crippen LogP contribution in [0.5, 0.6) is 0 Å². The SMILES string of the molecule is CCNC(CC1=CCCCC1)C1CCOC1. The number of allylic oxidation sites excluding steroid dienone is 1. The van der Waals surface area contributed by atoms with Crippen LogP contribution in [0.2, 0.25) is 0 Å². The minimum atomic E-state index is 0.650. The van der Waals surface area contributed by atoms with E-state index in [4.69, 9.17) is 4.74 Å². The maximum Gasteiger partial charge on any atom is 0.0510 e. The summed E-state index contributed by atoms with van der Waals surface area (Å²) in [6, 6.07) is 0.650. The van der Waals surface area contributed by atoms with Crippen LogP contribution in [0.1, 0.15) is 45.4 Å². The van der Waals surface area contributed by atoms with Crippen molar-refractivity contribution in [1.82, 2.24) is 5.32 Å². The van der Waals surface area contributed by atoms with Crippen molar-refractivity contribution in [2.24, 2.45) is 5.92 Å². The maximum absolute atomic E-state index is 5.51. The lowest BCUT2D eigenvalue weighted by Gasteiger charge is -2.25. The summed E-state index contributed by atoms with van der Waals surface area (Å²) in [4.78, 5) is 0. The fourth-order valence-electron chi connectivity index (χ4n) is 2.91. The van der Waals surface area contributed by atoms with Gasteiger partial charge >= 0.3 is 0 Å². The van der Waals surface area contributed by atoms with Crippen LogP contribution in [-0.4, -0.2) is 25.8 Å². The summed E-state index contributed by atoms with van der Waals surface area (Å²) in [6.07, 6.45) is 10.4. The smallest absolute Gasteiger partial charge is 0.0510 e. The molecular weight excluding hydrogens is 198 g/mol. The summed E-state index contributed by atoms with van der Waals surface area (Å²) in [5.41, 5.74) is 1.68. The molecule has 0 spiro atoms. The largest absolute Gasteiger partial charge is 0.381 e. The number of nitrogens with one attached hydrogen (secondary N) is 1. The van der Waals surface area contributed by atoms with Gasteiger partial charge in [0.2, 0.25) is 0 Å². The van der Waals surface area contributed by atoms with Crippen molar-refractivity contribution in [2.45, 2.75) is 51.5 Å². The zero-order valence-corrected chi connectivity index (χ0v) is 10.5. The Balaban J connectivity index is 1.88. The molecule has 1 fully saturated rings. The Kier molecular flexibility index (Phi) is 4.86. The van der Waals surface area contributed by atoms with Gasteiger partial charge in [0.1, 0.15) is 0 Å². The Labute approximate surface area is 99.4 Å². The summed E-state index contributed by atoms with van der Waals surface area (Å²) in [5.74, 6) is 0.739. The lowest BCUT2D eigenvalue weighted by atomic mass is 9.88. The molecule has 1 heterocycles. The third-order valence-corrected chi connectivity index (χ3v) is 3.87. The fraction of sp³-hybridized carbons (Fsp3) is 0.857. The van der Waals surface area contributed by atoms with E-state index in [1.54, 1.807) is 5.57 Å². The molecular formula is C14H25NO. The molecule has 0 radical (unpaired) electrons. The lowest BCUT2D eigenvalue weighted by Crippen LogP contribution is -2.37. The van der Waals surface area contributed by atoms with Crippen LogP contribution in [0.15, 0.2) is 11.6 Å². The molecule has 1 aliphatic carbocycles. The van der Waals surface area contributed by atoms with E-state index in [0.29, 0.717) is 6.04 Å². The predicted octanol–water partition coefficient (Wildman–Crippen LogP) is 2.89. The average Bonchev–Trinajstić information content (AvgIpc) is 2.83. The topological polar surface area (TPSA) is 21.3 Å². The number of rotatable bonds is 5. The molecule has 0 aromatic heterocycles. The highest BCUT2D eigenvalue weighted by Gasteiger charge is 2.25. The molecule has 16 heavy (non-hydrogen) atoms. The van der Waals surface area contributed by atoms with Crippen molar-refractivity contribution in [3.63, 3.8) is 0 Å². The molecule has 2 atom stereocenters. The van der Waals surface area contributed by atoms with E-state index >= 15 is 0 Å². The Hall–Kier alpha value is -0.340. The second-order valence-corrected chi connectivity index (χ2v) is 5.10. The summed E-state index contributed by atoms with van der Waals surface area (Å²) in [5, 5.41) is 3.65. The van der Waals surface area contributed by atoms with Crippen molar-refractivity contribution < 1.29 is 4.74 Å². The van der Waals surface area contributed by atoms with Crippen LogP contribution >= 0.6 is 0 Å². The van der Waals surface area contributed by atoms with E-state index in [1.165, 1.54) is 38.5 Å². The molecule has 2 nitrogen and oxygen atoms in total. The molecule has 2 heteroatoms. The summed E-state index contributed by atoms with van der Waals surface area (Å²) < 4.78 is 5.51. The number of hydrogen-bond donors (Lipinski definition) is 1. The van der Waals surface area contributed by atoms with Crippen molar-refractivity contribution in [2.75, 3.05) is 19.8 Å². The first-order chi connectivity index (χ1) is 7.90. The van der Waals surface area contributed by atoms with Gasteiger partial charge in [0.25, 0.3) is 0 Å². The molecule has 0 saturated carbocycles. The van der Waals surface area contributed by atoms with Crippen molar-refractivity contribution in [3.05, 3.63) is 11.6 Å². The van der Waals surface area contributed by atoms with Crippen LogP contribution in [0.3, 0.4) is 0 Å². The Morgan fingerprint density at radius 3 is 3.06 bits per heavy atom. The average molecular weight is 223 g/mol. The lowest BCUT2D eigenvalue weighted by molar-refractivity contribution is 0.176. The van der Waals surface area contributed by atoms with E-state index in [9.17, 15) is 0 Å². The molecule has 0 aromatic rings. The van der Waals surface area contributed by atoms with Gasteiger partial charge in [0.15, 0.2) is 0 Å². The normalized spacial score (nSPS) is 27.8. The first-order valence-electron chi connectivity index (χ1n) is 6.89. The number of hydrogen-bond acceptors (Lipinski definition) is 2. The van der Waals surface area contributed by atoms with Gasteiger partial charge in [-0.3, -0.25) is 0 Å². The third kappa shape index (κ3) is 3.33. The highest BCUT2D eigenvalue weighted by atomic mass is 16.5. The van der Waals surface area contributed by atoms with Gasteiger partial charge in [0, 0.05) is 18.6 Å². The highest BCUT2D eigenvalue weighted by molar-refractivity contribution is 5.08. The molecule has 2 unspecified atom stereocenters. The van der Waals surface area contributed by atoms with Crippen LogP contribution < -0.4 is 5.32 Å². The Bertz CT molecular complexity index is 231. The van der Waals surface area contributed by atoms with E-state index in [0.717, 1.165) is 25.7 Å². The van der Waals surface area contributed by atoms with Gasteiger partial charge in [0.05, 0.1) is 6.61 Å². The number of ether oxygens (including phenoxy) is 1. The van der Waals surface area contributed by atoms with Crippen LogP contribution in [0, 0.1) is 5.92 Å². The molecule has 1 saturated heterocycles. The first-order valence-corrected chi connectivity index (χ1v) is 6.89. The van der Waals surface area contributed by atoms with Gasteiger partial charge < -0.3 is 10.1 Å². The maximum atomic E-state index is 5.51. The van der Waals surface area contributed by atoms with Crippen LogP contribution in [0.4, 0.5) is 0 Å². The Morgan fingerprint density at radius 1 is 1.50 bits per heavy atom. The van der Waals surface area contributed by atoms with E-state index < -0.39 is 0 Å². The summed E-state index contributed by atoms with van der Waals surface area (Å²) in [7, 11) is 0. The second kappa shape index (κ2) is 6.41. The van der Waals surface area contributed by atoms with Crippen LogP contribution in [0.25, 0.3) is 0 Å². The zero-order chi connectivity index (χ0) is 11.2. The molecule has 0 amide bonds. The first kappa shape index (κ1) is 12.1. The van der Waals surface area contributed by atoms with Crippen molar-refractivity contribution in [1.29, 1.82) is 0 Å². The van der Waals surface area contributed by atoms with Gasteiger partial charge in [-0.2, -0.15) is 0 Å². The zero-order valence-electron chi connectivity index (χ0n) is 10.5. The summed E-state index contributed by atoms with van der Waals surface area (Å²) >= 11 is 0. The third-order valence-electron chi connectivity index (χ3n) is 3.87. The Morgan fingerprint density at radius 2 is 2.44 bits per heavy atom. The molecule has 1 aliphatic heterocycles. The predicted molar refractivity (Wildman–Crippen MR) is 67.6 cm³/mol. The van der Waals surface area contributed by atoms with Gasteiger partial charge in [-0.05, 0) is 45.1 Å². The monoisotopic (exact) mass is 223 g/mol. The minimum Gasteiger partial charge on any atom is -0.381 e. The van der Waals surface area contributed by atoms with Crippen molar-refractivity contribution in [3.8, 4) is 0 Å². The fourth-order valence-corrected chi connectivity index (χ4v) is 2.91. The molecule has 92 valence electrons. The molecule has 0 aromatic carbocycles. The van der Waals surface area contributed by atoms with Crippen molar-refractivity contribution >= 4 is 0 Å². The molecule has 2 rings (SSSR count). The standard InChI is InChI=1S/C14H25NO/c1-2-15-14(13-8-9-16-11-13)10-12-6-4-3-5-7-12/h6,13-15H,2-5,7-11H2,1H3. The quantitative estimate of drug-likeness (QED) is 0.724. The summed E-state index contributed by atoms with van der Waals surface area (Å²) in [6.45, 7) is 5.21. The van der Waals surface area contributed by atoms with Gasteiger partial charge in [-0.25, -0.2) is 0 Å².